The summed E-state index contributed by atoms with van der Waals surface area (Å²) in [5.74, 6) is 1.75. The monoisotopic (exact) mass is 446 g/mol. The Kier molecular flexibility index (Phi) is 7.56. The van der Waals surface area contributed by atoms with Crippen LogP contribution in [0.2, 0.25) is 0 Å². The number of aromatic nitrogens is 1. The first-order valence-electron chi connectivity index (χ1n) is 10.7. The summed E-state index contributed by atoms with van der Waals surface area (Å²) in [6.45, 7) is 4.02. The molecule has 7 heteroatoms. The number of ether oxygens (including phenoxy) is 2. The minimum absolute atomic E-state index is 0.273. The molecule has 7 nitrogen and oxygen atoms in total. The first-order chi connectivity index (χ1) is 15.9. The van der Waals surface area contributed by atoms with Crippen molar-refractivity contribution in [2.24, 2.45) is 0 Å². The first kappa shape index (κ1) is 23.7. The molecule has 0 radical (unpaired) electrons. The second-order valence-electron chi connectivity index (χ2n) is 7.57. The Labute approximate surface area is 194 Å². The van der Waals surface area contributed by atoms with Crippen LogP contribution in [0.3, 0.4) is 0 Å². The highest BCUT2D eigenvalue weighted by molar-refractivity contribution is 6.04. The molecule has 0 aliphatic carbocycles. The van der Waals surface area contributed by atoms with Gasteiger partial charge in [-0.3, -0.25) is 4.79 Å². The minimum atomic E-state index is -0.273. The number of aryl methyl sites for hydroxylation is 2. The van der Waals surface area contributed by atoms with Crippen LogP contribution in [0.1, 0.15) is 23.6 Å². The van der Waals surface area contributed by atoms with Crippen molar-refractivity contribution in [3.63, 3.8) is 0 Å². The Hall–Kier alpha value is -4.00. The average Bonchev–Trinajstić information content (AvgIpc) is 2.83. The fourth-order valence-corrected chi connectivity index (χ4v) is 3.56. The molecule has 1 amide bonds. The molecule has 3 aromatic rings. The number of methoxy groups -OCH3 is 2. The van der Waals surface area contributed by atoms with Crippen molar-refractivity contribution in [2.45, 2.75) is 20.3 Å². The Morgan fingerprint density at radius 3 is 2.64 bits per heavy atom. The molecule has 0 atom stereocenters. The second-order valence-corrected chi connectivity index (χ2v) is 7.57. The number of rotatable bonds is 8. The number of hydrogen-bond donors (Lipinski definition) is 2. The molecule has 1 aromatic heterocycles. The van der Waals surface area contributed by atoms with E-state index in [4.69, 9.17) is 15.2 Å². The van der Waals surface area contributed by atoms with E-state index in [1.165, 1.54) is 6.08 Å². The lowest BCUT2D eigenvalue weighted by Crippen LogP contribution is -2.13. The number of anilines is 4. The minimum Gasteiger partial charge on any atom is -0.493 e. The van der Waals surface area contributed by atoms with Gasteiger partial charge in [0, 0.05) is 36.6 Å². The number of nitrogens with zero attached hydrogens (tertiary/aromatic N) is 2. The van der Waals surface area contributed by atoms with Crippen molar-refractivity contribution >= 4 is 34.9 Å². The van der Waals surface area contributed by atoms with Gasteiger partial charge in [0.05, 0.1) is 25.6 Å². The Bertz CT molecular complexity index is 1170. The third-order valence-corrected chi connectivity index (χ3v) is 5.37. The molecule has 0 fully saturated rings. The van der Waals surface area contributed by atoms with Crippen LogP contribution in [-0.4, -0.2) is 32.2 Å². The van der Waals surface area contributed by atoms with E-state index in [-0.39, 0.29) is 5.91 Å². The van der Waals surface area contributed by atoms with Gasteiger partial charge < -0.3 is 25.4 Å². The number of nitrogens with two attached hydrogens (primary N) is 1. The Morgan fingerprint density at radius 2 is 1.97 bits per heavy atom. The van der Waals surface area contributed by atoms with Crippen molar-refractivity contribution in [1.29, 1.82) is 0 Å². The van der Waals surface area contributed by atoms with Crippen LogP contribution in [0.4, 0.5) is 22.9 Å². The maximum Gasteiger partial charge on any atom is 0.248 e. The van der Waals surface area contributed by atoms with Gasteiger partial charge >= 0.3 is 0 Å². The van der Waals surface area contributed by atoms with Crippen molar-refractivity contribution in [2.75, 3.05) is 37.2 Å². The summed E-state index contributed by atoms with van der Waals surface area (Å²) in [4.78, 5) is 19.0. The molecule has 0 saturated carbocycles. The molecule has 0 spiro atoms. The summed E-state index contributed by atoms with van der Waals surface area (Å²) in [6.07, 6.45) is 5.81. The number of nitrogen functional groups attached to an aromatic ring is 1. The molecule has 3 N–H and O–H groups in total. The number of amides is 1. The number of carbonyl (C=O) groups is 1. The van der Waals surface area contributed by atoms with E-state index in [9.17, 15) is 4.79 Å². The molecule has 3 rings (SSSR count). The summed E-state index contributed by atoms with van der Waals surface area (Å²) in [5.41, 5.74) is 10.9. The summed E-state index contributed by atoms with van der Waals surface area (Å²) in [5, 5.41) is 2.83. The number of benzene rings is 2. The smallest absolute Gasteiger partial charge is 0.248 e. The standard InChI is InChI=1S/C26H30N4O3/c1-6-18-9-11-22(21(27)15-18)29-24(31)12-10-19-8-7-13-28-26(19)30(3)20-14-17(2)25(33-5)23(16-20)32-4/h7-16H,6,27H2,1-5H3,(H,29,31)/b12-10+. The fourth-order valence-electron chi connectivity index (χ4n) is 3.56. The lowest BCUT2D eigenvalue weighted by atomic mass is 10.1. The van der Waals surface area contributed by atoms with Crippen LogP contribution in [0, 0.1) is 6.92 Å². The molecule has 1 heterocycles. The highest BCUT2D eigenvalue weighted by Gasteiger charge is 2.15. The van der Waals surface area contributed by atoms with E-state index < -0.39 is 0 Å². The number of nitrogens with one attached hydrogen (secondary N) is 1. The van der Waals surface area contributed by atoms with Crippen molar-refractivity contribution < 1.29 is 14.3 Å². The zero-order chi connectivity index (χ0) is 24.0. The molecule has 33 heavy (non-hydrogen) atoms. The summed E-state index contributed by atoms with van der Waals surface area (Å²) >= 11 is 0. The predicted octanol–water partition coefficient (Wildman–Crippen LogP) is 4.97. The lowest BCUT2D eigenvalue weighted by Gasteiger charge is -2.22. The van der Waals surface area contributed by atoms with E-state index in [1.54, 1.807) is 26.5 Å². The molecule has 0 aliphatic heterocycles. The summed E-state index contributed by atoms with van der Waals surface area (Å²) in [7, 11) is 5.14. The zero-order valence-corrected chi connectivity index (χ0v) is 19.7. The predicted molar refractivity (Wildman–Crippen MR) is 134 cm³/mol. The number of hydrogen-bond acceptors (Lipinski definition) is 6. The third kappa shape index (κ3) is 5.44. The molecule has 0 saturated heterocycles. The highest BCUT2D eigenvalue weighted by Crippen LogP contribution is 2.37. The molecule has 0 unspecified atom stereocenters. The fraction of sp³-hybridized carbons (Fsp3) is 0.231. The van der Waals surface area contributed by atoms with Gasteiger partial charge in [0.25, 0.3) is 0 Å². The summed E-state index contributed by atoms with van der Waals surface area (Å²) < 4.78 is 10.9. The number of pyridine rings is 1. The van der Waals surface area contributed by atoms with Gasteiger partial charge in [-0.1, -0.05) is 13.0 Å². The van der Waals surface area contributed by atoms with Crippen LogP contribution in [0.5, 0.6) is 11.5 Å². The Balaban J connectivity index is 1.84. The molecule has 172 valence electrons. The summed E-state index contributed by atoms with van der Waals surface area (Å²) in [6, 6.07) is 13.3. The zero-order valence-electron chi connectivity index (χ0n) is 19.7. The van der Waals surface area contributed by atoms with Crippen molar-refractivity contribution in [3.05, 3.63) is 71.4 Å². The van der Waals surface area contributed by atoms with E-state index in [2.05, 4.69) is 17.2 Å². The SMILES string of the molecule is CCc1ccc(NC(=O)/C=C/c2cccnc2N(C)c2cc(C)c(OC)c(OC)c2)c(N)c1. The van der Waals surface area contributed by atoms with Gasteiger partial charge in [-0.15, -0.1) is 0 Å². The van der Waals surface area contributed by atoms with E-state index >= 15 is 0 Å². The van der Waals surface area contributed by atoms with Gasteiger partial charge in [-0.25, -0.2) is 4.98 Å². The van der Waals surface area contributed by atoms with Gasteiger partial charge in [-0.05, 0) is 60.9 Å². The maximum atomic E-state index is 12.5. The molecule has 0 bridgehead atoms. The first-order valence-corrected chi connectivity index (χ1v) is 10.7. The quantitative estimate of drug-likeness (QED) is 0.375. The van der Waals surface area contributed by atoms with Gasteiger partial charge in [0.1, 0.15) is 5.82 Å². The van der Waals surface area contributed by atoms with Crippen LogP contribution in [-0.2, 0) is 11.2 Å². The van der Waals surface area contributed by atoms with Crippen LogP contribution < -0.4 is 25.4 Å². The van der Waals surface area contributed by atoms with Gasteiger partial charge in [0.15, 0.2) is 11.5 Å². The molecular weight excluding hydrogens is 416 g/mol. The van der Waals surface area contributed by atoms with Crippen molar-refractivity contribution in [3.8, 4) is 11.5 Å². The topological polar surface area (TPSA) is 89.7 Å². The normalized spacial score (nSPS) is 10.8. The van der Waals surface area contributed by atoms with Crippen molar-refractivity contribution in [1.82, 2.24) is 4.98 Å². The van der Waals surface area contributed by atoms with Gasteiger partial charge in [-0.2, -0.15) is 0 Å². The van der Waals surface area contributed by atoms with E-state index in [0.29, 0.717) is 28.7 Å². The van der Waals surface area contributed by atoms with E-state index in [0.717, 1.165) is 28.8 Å². The Morgan fingerprint density at radius 1 is 1.18 bits per heavy atom. The molecule has 2 aromatic carbocycles. The average molecular weight is 447 g/mol. The largest absolute Gasteiger partial charge is 0.493 e. The van der Waals surface area contributed by atoms with E-state index in [1.807, 2.05) is 61.3 Å². The maximum absolute atomic E-state index is 12.5. The lowest BCUT2D eigenvalue weighted by molar-refractivity contribution is -0.111. The van der Waals surface area contributed by atoms with Crippen LogP contribution in [0.25, 0.3) is 6.08 Å². The van der Waals surface area contributed by atoms with Crippen LogP contribution in [0.15, 0.2) is 54.7 Å². The number of carbonyl (C=O) groups excluding carboxylic acids is 1. The van der Waals surface area contributed by atoms with Crippen LogP contribution >= 0.6 is 0 Å². The molecule has 0 aliphatic rings. The second kappa shape index (κ2) is 10.5. The highest BCUT2D eigenvalue weighted by atomic mass is 16.5. The van der Waals surface area contributed by atoms with Gasteiger partial charge in [0.2, 0.25) is 5.91 Å². The third-order valence-electron chi connectivity index (χ3n) is 5.37. The molecular formula is C26H30N4O3.